The van der Waals surface area contributed by atoms with E-state index in [4.69, 9.17) is 4.74 Å². The summed E-state index contributed by atoms with van der Waals surface area (Å²) in [5.74, 6) is -0.490. The molecular weight excluding hydrogens is 528 g/mol. The summed E-state index contributed by atoms with van der Waals surface area (Å²) in [5, 5.41) is 0. The van der Waals surface area contributed by atoms with Crippen LogP contribution in [0.5, 0.6) is 0 Å². The van der Waals surface area contributed by atoms with E-state index in [1.54, 1.807) is 28.7 Å². The maximum atomic E-state index is 14.4. The fourth-order valence-electron chi connectivity index (χ4n) is 6.10. The third-order valence-corrected chi connectivity index (χ3v) is 8.02. The maximum Gasteiger partial charge on any atom is 0.331 e. The minimum absolute atomic E-state index is 0.151. The van der Waals surface area contributed by atoms with Crippen LogP contribution in [0, 0.1) is 0 Å². The zero-order valence-electron chi connectivity index (χ0n) is 24.3. The molecule has 0 spiro atoms. The van der Waals surface area contributed by atoms with Crippen LogP contribution >= 0.6 is 0 Å². The van der Waals surface area contributed by atoms with Gasteiger partial charge in [0, 0.05) is 20.1 Å². The van der Waals surface area contributed by atoms with Gasteiger partial charge < -0.3 is 19.4 Å². The lowest BCUT2D eigenvalue weighted by molar-refractivity contribution is -0.152. The summed E-state index contributed by atoms with van der Waals surface area (Å²) in [4.78, 5) is 48.5. The van der Waals surface area contributed by atoms with Crippen molar-refractivity contribution < 1.29 is 19.1 Å². The van der Waals surface area contributed by atoms with E-state index in [9.17, 15) is 14.4 Å². The first kappa shape index (κ1) is 28.9. The minimum atomic E-state index is -0.915. The average Bonchev–Trinajstić information content (AvgIpc) is 3.31. The number of hydrogen-bond donors (Lipinski definition) is 0. The monoisotopic (exact) mass is 566 g/mol. The highest BCUT2D eigenvalue weighted by Gasteiger charge is 2.54. The van der Waals surface area contributed by atoms with Crippen molar-refractivity contribution in [3.05, 3.63) is 109 Å². The molecule has 5 rings (SSSR count). The molecule has 0 unspecified atom stereocenters. The fraction of sp³-hybridized carbons (Fsp3) is 0.324. The molecule has 2 fully saturated rings. The molecule has 2 aliphatic heterocycles. The summed E-state index contributed by atoms with van der Waals surface area (Å²) in [5.41, 5.74) is 3.57. The number of piperazine rings is 1. The smallest absolute Gasteiger partial charge is 0.331 e. The Balaban J connectivity index is 1.42. The maximum absolute atomic E-state index is 14.4. The predicted molar refractivity (Wildman–Crippen MR) is 163 cm³/mol. The molecule has 0 radical (unpaired) electrons. The topological polar surface area (TPSA) is 73.4 Å². The van der Waals surface area contributed by atoms with Crippen LogP contribution in [0.25, 0.3) is 0 Å². The number of likely N-dealkylation sites (tertiary alicyclic amines) is 1. The van der Waals surface area contributed by atoms with E-state index in [2.05, 4.69) is 6.58 Å². The van der Waals surface area contributed by atoms with E-state index in [-0.39, 0.29) is 31.3 Å². The summed E-state index contributed by atoms with van der Waals surface area (Å²) in [6, 6.07) is 24.9. The van der Waals surface area contributed by atoms with Gasteiger partial charge in [-0.2, -0.15) is 0 Å². The number of hydrogen-bond acceptors (Lipinski definition) is 4. The number of para-hydroxylation sites is 2. The predicted octanol–water partition coefficient (Wildman–Crippen LogP) is 6.01. The van der Waals surface area contributed by atoms with Gasteiger partial charge in [-0.05, 0) is 61.6 Å². The van der Waals surface area contributed by atoms with E-state index >= 15 is 0 Å². The fourth-order valence-corrected chi connectivity index (χ4v) is 6.10. The standard InChI is InChI=1S/C34H38N4O4/c1-4-12-25-17-19-26(20-18-25)23-35(3)33(40)38-29-21-22-30(38)31(32(39)42-5-2)36(24-29)34(41)37(27-13-8-6-9-14-27)28-15-10-7-11-16-28/h4,6-11,13-20,29-31H,1,5,12,21-24H2,2-3H3/t29-,30+,31-/m0/s1. The third kappa shape index (κ3) is 5.88. The van der Waals surface area contributed by atoms with Crippen molar-refractivity contribution >= 4 is 29.4 Å². The van der Waals surface area contributed by atoms with Crippen LogP contribution in [0.1, 0.15) is 30.9 Å². The Morgan fingerprint density at radius 1 is 0.881 bits per heavy atom. The molecule has 0 saturated carbocycles. The van der Waals surface area contributed by atoms with Crippen molar-refractivity contribution in [2.45, 2.75) is 50.9 Å². The Bertz CT molecular complexity index is 1360. The zero-order valence-corrected chi connectivity index (χ0v) is 24.3. The Morgan fingerprint density at radius 3 is 2.05 bits per heavy atom. The van der Waals surface area contributed by atoms with Gasteiger partial charge in [-0.15, -0.1) is 6.58 Å². The molecular formula is C34H38N4O4. The van der Waals surface area contributed by atoms with Gasteiger partial charge in [-0.25, -0.2) is 14.4 Å². The largest absolute Gasteiger partial charge is 0.464 e. The molecule has 0 aliphatic carbocycles. The number of anilines is 2. The van der Waals surface area contributed by atoms with E-state index in [0.29, 0.717) is 30.8 Å². The quantitative estimate of drug-likeness (QED) is 0.247. The number of carbonyl (C=O) groups is 3. The number of fused-ring (bicyclic) bond motifs is 2. The molecule has 218 valence electrons. The van der Waals surface area contributed by atoms with Crippen molar-refractivity contribution in [1.29, 1.82) is 0 Å². The van der Waals surface area contributed by atoms with Crippen molar-refractivity contribution in [1.82, 2.24) is 14.7 Å². The lowest BCUT2D eigenvalue weighted by Crippen LogP contribution is -2.67. The van der Waals surface area contributed by atoms with Crippen LogP contribution in [0.4, 0.5) is 21.0 Å². The van der Waals surface area contributed by atoms with Crippen molar-refractivity contribution in [3.63, 3.8) is 0 Å². The summed E-state index contributed by atoms with van der Waals surface area (Å²) >= 11 is 0. The first-order valence-electron chi connectivity index (χ1n) is 14.5. The van der Waals surface area contributed by atoms with E-state index in [1.165, 1.54) is 5.56 Å². The number of amides is 4. The number of rotatable bonds is 8. The van der Waals surface area contributed by atoms with E-state index in [1.807, 2.05) is 95.9 Å². The number of carbonyl (C=O) groups excluding carboxylic acids is 3. The number of esters is 1. The Morgan fingerprint density at radius 2 is 1.48 bits per heavy atom. The van der Waals surface area contributed by atoms with Gasteiger partial charge in [0.2, 0.25) is 0 Å². The number of nitrogens with zero attached hydrogens (tertiary/aromatic N) is 4. The summed E-state index contributed by atoms with van der Waals surface area (Å²) < 4.78 is 5.51. The molecule has 0 N–H and O–H groups in total. The number of allylic oxidation sites excluding steroid dienone is 1. The summed E-state index contributed by atoms with van der Waals surface area (Å²) in [6.45, 7) is 6.40. The lowest BCUT2D eigenvalue weighted by atomic mass is 10.0. The Hall–Kier alpha value is -4.59. The van der Waals surface area contributed by atoms with Gasteiger partial charge >= 0.3 is 18.0 Å². The van der Waals surface area contributed by atoms with Crippen LogP contribution in [-0.4, -0.2) is 71.1 Å². The molecule has 8 nitrogen and oxygen atoms in total. The van der Waals surface area contributed by atoms with Crippen LogP contribution in [0.3, 0.4) is 0 Å². The molecule has 0 aromatic heterocycles. The lowest BCUT2D eigenvalue weighted by Gasteiger charge is -2.47. The molecule has 42 heavy (non-hydrogen) atoms. The summed E-state index contributed by atoms with van der Waals surface area (Å²) in [6.07, 6.45) is 3.98. The van der Waals surface area contributed by atoms with Gasteiger partial charge in [0.15, 0.2) is 6.04 Å². The second-order valence-electron chi connectivity index (χ2n) is 10.8. The first-order chi connectivity index (χ1) is 20.4. The molecule has 4 amide bonds. The van der Waals surface area contributed by atoms with E-state index < -0.39 is 18.1 Å². The highest BCUT2D eigenvalue weighted by Crippen LogP contribution is 2.38. The second-order valence-corrected chi connectivity index (χ2v) is 10.8. The van der Waals surface area contributed by atoms with E-state index in [0.717, 1.165) is 12.0 Å². The zero-order chi connectivity index (χ0) is 29.6. The van der Waals surface area contributed by atoms with Crippen molar-refractivity contribution in [2.75, 3.05) is 25.1 Å². The molecule has 2 bridgehead atoms. The average molecular weight is 567 g/mol. The van der Waals surface area contributed by atoms with Gasteiger partial charge in [0.05, 0.1) is 30.1 Å². The highest BCUT2D eigenvalue weighted by molar-refractivity contribution is 6.01. The van der Waals surface area contributed by atoms with Gasteiger partial charge in [-0.3, -0.25) is 4.90 Å². The summed E-state index contributed by atoms with van der Waals surface area (Å²) in [7, 11) is 1.78. The molecule has 8 heteroatoms. The first-order valence-corrected chi connectivity index (χ1v) is 14.5. The highest BCUT2D eigenvalue weighted by atomic mass is 16.5. The molecule has 3 aromatic carbocycles. The molecule has 3 aromatic rings. The molecule has 2 heterocycles. The minimum Gasteiger partial charge on any atom is -0.464 e. The van der Waals surface area contributed by atoms with Crippen LogP contribution in [-0.2, 0) is 22.5 Å². The molecule has 2 saturated heterocycles. The number of ether oxygens (including phenoxy) is 1. The number of urea groups is 2. The van der Waals surface area contributed by atoms with Gasteiger partial charge in [-0.1, -0.05) is 66.7 Å². The van der Waals surface area contributed by atoms with Crippen molar-refractivity contribution in [2.24, 2.45) is 0 Å². The van der Waals surface area contributed by atoms with Gasteiger partial charge in [0.25, 0.3) is 0 Å². The van der Waals surface area contributed by atoms with Crippen LogP contribution in [0.15, 0.2) is 97.6 Å². The second kappa shape index (κ2) is 12.9. The SMILES string of the molecule is C=CCc1ccc(CN(C)C(=O)N2[C@H]3CC[C@@H]2[C@@H](C(=O)OCC)N(C(=O)N(c2ccccc2)c2ccccc2)C3)cc1. The molecule has 2 aliphatic rings. The molecule has 3 atom stereocenters. The Labute approximate surface area is 247 Å². The van der Waals surface area contributed by atoms with Crippen molar-refractivity contribution in [3.8, 4) is 0 Å². The third-order valence-electron chi connectivity index (χ3n) is 8.02. The Kier molecular flexibility index (Phi) is 8.91. The normalized spacial score (nSPS) is 19.2. The van der Waals surface area contributed by atoms with Crippen LogP contribution < -0.4 is 4.90 Å². The number of benzene rings is 3. The van der Waals surface area contributed by atoms with Crippen LogP contribution in [0.2, 0.25) is 0 Å². The van der Waals surface area contributed by atoms with Gasteiger partial charge in [0.1, 0.15) is 0 Å².